The monoisotopic (exact) mass is 311 g/mol. The van der Waals surface area contributed by atoms with Gasteiger partial charge in [-0.25, -0.2) is 0 Å². The Morgan fingerprint density at radius 3 is 3.05 bits per heavy atom. The highest BCUT2D eigenvalue weighted by Crippen LogP contribution is 2.38. The maximum Gasteiger partial charge on any atom is 0.236 e. The Bertz CT molecular complexity index is 485. The number of carbonyl (C=O) groups excluding carboxylic acids is 1. The van der Waals surface area contributed by atoms with Crippen molar-refractivity contribution in [3.8, 4) is 0 Å². The second kappa shape index (κ2) is 5.96. The third kappa shape index (κ3) is 2.69. The van der Waals surface area contributed by atoms with Crippen LogP contribution in [0.5, 0.6) is 0 Å². The SMILES string of the molecule is CC1COC(CCl)CN1C(=O)C1Cc2ccccc2S1. The topological polar surface area (TPSA) is 29.5 Å². The van der Waals surface area contributed by atoms with Crippen molar-refractivity contribution in [2.75, 3.05) is 19.0 Å². The summed E-state index contributed by atoms with van der Waals surface area (Å²) in [5, 5.41) is 0.00363. The standard InChI is InChI=1S/C15H18ClNO2S/c1-10-9-19-12(7-16)8-17(10)15(18)14-6-11-4-2-3-5-13(11)20-14/h2-5,10,12,14H,6-9H2,1H3. The molecule has 1 aromatic rings. The van der Waals surface area contributed by atoms with Gasteiger partial charge in [-0.1, -0.05) is 18.2 Å². The fourth-order valence-corrected chi connectivity index (χ4v) is 4.17. The van der Waals surface area contributed by atoms with Gasteiger partial charge in [-0.2, -0.15) is 0 Å². The average Bonchev–Trinajstić information content (AvgIpc) is 2.91. The molecule has 0 bridgehead atoms. The number of benzene rings is 1. The highest BCUT2D eigenvalue weighted by molar-refractivity contribution is 8.01. The molecule has 2 heterocycles. The molecule has 0 radical (unpaired) electrons. The number of rotatable bonds is 2. The fraction of sp³-hybridized carbons (Fsp3) is 0.533. The van der Waals surface area contributed by atoms with E-state index < -0.39 is 0 Å². The van der Waals surface area contributed by atoms with E-state index in [-0.39, 0.29) is 23.3 Å². The molecule has 0 N–H and O–H groups in total. The van der Waals surface area contributed by atoms with E-state index in [0.717, 1.165) is 6.42 Å². The van der Waals surface area contributed by atoms with Crippen LogP contribution in [0.4, 0.5) is 0 Å². The maximum atomic E-state index is 12.7. The van der Waals surface area contributed by atoms with E-state index in [9.17, 15) is 4.79 Å². The number of halogens is 1. The number of nitrogens with zero attached hydrogens (tertiary/aromatic N) is 1. The van der Waals surface area contributed by atoms with Crippen LogP contribution in [-0.2, 0) is 16.0 Å². The Kier molecular flexibility index (Phi) is 4.24. The van der Waals surface area contributed by atoms with Gasteiger partial charge in [0, 0.05) is 11.4 Å². The van der Waals surface area contributed by atoms with Gasteiger partial charge in [-0.15, -0.1) is 23.4 Å². The Morgan fingerprint density at radius 2 is 2.30 bits per heavy atom. The van der Waals surface area contributed by atoms with Gasteiger partial charge < -0.3 is 9.64 Å². The largest absolute Gasteiger partial charge is 0.373 e. The normalized spacial score (nSPS) is 29.3. The first-order chi connectivity index (χ1) is 9.69. The third-order valence-electron chi connectivity index (χ3n) is 3.88. The first kappa shape index (κ1) is 14.2. The average molecular weight is 312 g/mol. The summed E-state index contributed by atoms with van der Waals surface area (Å²) >= 11 is 7.55. The van der Waals surface area contributed by atoms with Gasteiger partial charge >= 0.3 is 0 Å². The maximum absolute atomic E-state index is 12.7. The zero-order valence-electron chi connectivity index (χ0n) is 11.4. The molecule has 108 valence electrons. The molecule has 1 amide bonds. The number of hydrogen-bond acceptors (Lipinski definition) is 3. The molecule has 0 saturated carbocycles. The summed E-state index contributed by atoms with van der Waals surface area (Å²) in [4.78, 5) is 15.9. The summed E-state index contributed by atoms with van der Waals surface area (Å²) in [5.41, 5.74) is 1.28. The smallest absolute Gasteiger partial charge is 0.236 e. The van der Waals surface area contributed by atoms with E-state index in [1.54, 1.807) is 11.8 Å². The summed E-state index contributed by atoms with van der Waals surface area (Å²) in [6.07, 6.45) is 0.792. The Hall–Kier alpha value is -0.710. The molecule has 3 rings (SSSR count). The fourth-order valence-electron chi connectivity index (χ4n) is 2.72. The molecule has 0 aliphatic carbocycles. The van der Waals surface area contributed by atoms with Gasteiger partial charge in [0.15, 0.2) is 0 Å². The summed E-state index contributed by atoms with van der Waals surface area (Å²) in [6.45, 7) is 3.22. The molecule has 3 nitrogen and oxygen atoms in total. The number of carbonyl (C=O) groups is 1. The van der Waals surface area contributed by atoms with E-state index in [1.807, 2.05) is 24.0 Å². The van der Waals surface area contributed by atoms with Gasteiger partial charge in [0.25, 0.3) is 0 Å². The van der Waals surface area contributed by atoms with Crippen LogP contribution in [0.2, 0.25) is 0 Å². The molecule has 5 heteroatoms. The highest BCUT2D eigenvalue weighted by atomic mass is 35.5. The summed E-state index contributed by atoms with van der Waals surface area (Å²) < 4.78 is 5.61. The zero-order chi connectivity index (χ0) is 14.1. The van der Waals surface area contributed by atoms with Crippen LogP contribution in [0.3, 0.4) is 0 Å². The number of thioether (sulfide) groups is 1. The molecule has 1 aromatic carbocycles. The van der Waals surface area contributed by atoms with Crippen molar-refractivity contribution in [3.05, 3.63) is 29.8 Å². The molecule has 20 heavy (non-hydrogen) atoms. The highest BCUT2D eigenvalue weighted by Gasteiger charge is 2.36. The molecule has 0 aromatic heterocycles. The van der Waals surface area contributed by atoms with Crippen LogP contribution in [0, 0.1) is 0 Å². The summed E-state index contributed by atoms with van der Waals surface area (Å²) in [6, 6.07) is 8.40. The zero-order valence-corrected chi connectivity index (χ0v) is 13.0. The lowest BCUT2D eigenvalue weighted by Crippen LogP contribution is -2.53. The first-order valence-electron chi connectivity index (χ1n) is 6.91. The minimum atomic E-state index is -0.0365. The van der Waals surface area contributed by atoms with Crippen molar-refractivity contribution in [1.82, 2.24) is 4.90 Å². The van der Waals surface area contributed by atoms with Crippen molar-refractivity contribution in [3.63, 3.8) is 0 Å². The number of morpholine rings is 1. The van der Waals surface area contributed by atoms with Crippen LogP contribution in [-0.4, -0.2) is 47.2 Å². The van der Waals surface area contributed by atoms with Crippen molar-refractivity contribution < 1.29 is 9.53 Å². The van der Waals surface area contributed by atoms with Gasteiger partial charge in [-0.3, -0.25) is 4.79 Å². The quantitative estimate of drug-likeness (QED) is 0.786. The second-order valence-corrected chi connectivity index (χ2v) is 6.92. The lowest BCUT2D eigenvalue weighted by atomic mass is 10.1. The Balaban J connectivity index is 1.70. The number of ether oxygens (including phenoxy) is 1. The van der Waals surface area contributed by atoms with E-state index in [4.69, 9.17) is 16.3 Å². The second-order valence-electron chi connectivity index (χ2n) is 5.37. The van der Waals surface area contributed by atoms with Crippen molar-refractivity contribution >= 4 is 29.3 Å². The predicted octanol–water partition coefficient (Wildman–Crippen LogP) is 2.56. The van der Waals surface area contributed by atoms with E-state index in [0.29, 0.717) is 19.0 Å². The van der Waals surface area contributed by atoms with Crippen molar-refractivity contribution in [2.24, 2.45) is 0 Å². The molecule has 2 aliphatic heterocycles. The van der Waals surface area contributed by atoms with Crippen LogP contribution in [0.15, 0.2) is 29.2 Å². The molecular weight excluding hydrogens is 294 g/mol. The summed E-state index contributed by atoms with van der Waals surface area (Å²) in [5.74, 6) is 0.659. The van der Waals surface area contributed by atoms with Crippen molar-refractivity contribution in [1.29, 1.82) is 0 Å². The number of hydrogen-bond donors (Lipinski definition) is 0. The Morgan fingerprint density at radius 1 is 1.50 bits per heavy atom. The van der Waals surface area contributed by atoms with Crippen LogP contribution < -0.4 is 0 Å². The van der Waals surface area contributed by atoms with Crippen LogP contribution in [0.25, 0.3) is 0 Å². The van der Waals surface area contributed by atoms with Crippen LogP contribution >= 0.6 is 23.4 Å². The molecule has 2 aliphatic rings. The van der Waals surface area contributed by atoms with Gasteiger partial charge in [0.05, 0.1) is 29.9 Å². The number of fused-ring (bicyclic) bond motifs is 1. The van der Waals surface area contributed by atoms with Crippen LogP contribution in [0.1, 0.15) is 12.5 Å². The minimum absolute atomic E-state index is 0.00363. The third-order valence-corrected chi connectivity index (χ3v) is 5.53. The van der Waals surface area contributed by atoms with Gasteiger partial charge in [0.2, 0.25) is 5.91 Å². The van der Waals surface area contributed by atoms with Crippen molar-refractivity contribution in [2.45, 2.75) is 35.6 Å². The van der Waals surface area contributed by atoms with E-state index in [2.05, 4.69) is 12.1 Å². The number of amides is 1. The molecule has 3 atom stereocenters. The molecule has 0 spiro atoms. The predicted molar refractivity (Wildman–Crippen MR) is 81.4 cm³/mol. The molecule has 1 saturated heterocycles. The van der Waals surface area contributed by atoms with E-state index >= 15 is 0 Å². The molecule has 3 unspecified atom stereocenters. The van der Waals surface area contributed by atoms with Gasteiger partial charge in [-0.05, 0) is 25.0 Å². The van der Waals surface area contributed by atoms with E-state index in [1.165, 1.54) is 10.5 Å². The minimum Gasteiger partial charge on any atom is -0.373 e. The number of alkyl halides is 1. The van der Waals surface area contributed by atoms with Gasteiger partial charge in [0.1, 0.15) is 0 Å². The Labute approximate surface area is 128 Å². The molecule has 1 fully saturated rings. The lowest BCUT2D eigenvalue weighted by molar-refractivity contribution is -0.142. The molecular formula is C15H18ClNO2S. The lowest BCUT2D eigenvalue weighted by Gasteiger charge is -2.38. The first-order valence-corrected chi connectivity index (χ1v) is 8.33. The summed E-state index contributed by atoms with van der Waals surface area (Å²) in [7, 11) is 0.